The van der Waals surface area contributed by atoms with Gasteiger partial charge >= 0.3 is 0 Å². The van der Waals surface area contributed by atoms with Gasteiger partial charge < -0.3 is 0 Å². The minimum absolute atomic E-state index is 0.815. The van der Waals surface area contributed by atoms with Gasteiger partial charge in [0, 0.05) is 11.1 Å². The summed E-state index contributed by atoms with van der Waals surface area (Å²) >= 11 is 0. The fraction of sp³-hybridized carbons (Fsp3) is 0.219. The maximum atomic E-state index is 5.03. The fourth-order valence-corrected chi connectivity index (χ4v) is 4.40. The summed E-state index contributed by atoms with van der Waals surface area (Å²) in [4.78, 5) is 5.03. The highest BCUT2D eigenvalue weighted by Gasteiger charge is 2.14. The highest BCUT2D eigenvalue weighted by atomic mass is 14.7. The summed E-state index contributed by atoms with van der Waals surface area (Å²) in [5.41, 5.74) is 10.9. The van der Waals surface area contributed by atoms with Crippen LogP contribution in [-0.2, 0) is 6.42 Å². The van der Waals surface area contributed by atoms with E-state index in [9.17, 15) is 0 Å². The monoisotopic (exact) mass is 431 g/mol. The zero-order valence-electron chi connectivity index (χ0n) is 20.3. The summed E-state index contributed by atoms with van der Waals surface area (Å²) in [5.74, 6) is 0. The van der Waals surface area contributed by atoms with Crippen LogP contribution < -0.4 is 10.6 Å². The van der Waals surface area contributed by atoms with Crippen molar-refractivity contribution >= 4 is 12.7 Å². The standard InChI is InChI=1S/C32H33N/c1-6-8-12-25-15-18-27(19-16-25)28-17-14-23(4)30(21-28)32-31(20-26(7-2)24(5)33-32)29-13-10-9-11-22(29)3/h7,9-11,13-21H,5-6,8,12H2,1-4H3. The number of rotatable bonds is 6. The lowest BCUT2D eigenvalue weighted by atomic mass is 9.91. The van der Waals surface area contributed by atoms with E-state index in [-0.39, 0.29) is 0 Å². The molecule has 4 rings (SSSR count). The summed E-state index contributed by atoms with van der Waals surface area (Å²) in [5, 5.41) is 1.89. The van der Waals surface area contributed by atoms with E-state index in [2.05, 4.69) is 106 Å². The molecular formula is C32H33N. The number of benzene rings is 3. The molecule has 0 aliphatic heterocycles. The summed E-state index contributed by atoms with van der Waals surface area (Å²) in [6.07, 6.45) is 5.69. The molecule has 1 nitrogen and oxygen atoms in total. The maximum Gasteiger partial charge on any atom is 0.0790 e. The molecule has 3 aromatic carbocycles. The van der Waals surface area contributed by atoms with E-state index in [1.54, 1.807) is 0 Å². The molecule has 1 heteroatoms. The van der Waals surface area contributed by atoms with Gasteiger partial charge in [-0.1, -0.05) is 86.7 Å². The number of nitrogens with zero attached hydrogens (tertiary/aromatic N) is 1. The molecule has 0 amide bonds. The van der Waals surface area contributed by atoms with E-state index in [0.717, 1.165) is 33.8 Å². The van der Waals surface area contributed by atoms with Crippen LogP contribution in [0.15, 0.2) is 72.8 Å². The molecule has 33 heavy (non-hydrogen) atoms. The second kappa shape index (κ2) is 10.0. The van der Waals surface area contributed by atoms with Crippen molar-refractivity contribution < 1.29 is 0 Å². The average molecular weight is 432 g/mol. The van der Waals surface area contributed by atoms with Gasteiger partial charge in [0.25, 0.3) is 0 Å². The number of aromatic nitrogens is 1. The Kier molecular flexibility index (Phi) is 6.89. The zero-order valence-corrected chi connectivity index (χ0v) is 20.3. The van der Waals surface area contributed by atoms with Gasteiger partial charge in [0.05, 0.1) is 11.0 Å². The maximum absolute atomic E-state index is 5.03. The molecule has 0 radical (unpaired) electrons. The minimum Gasteiger partial charge on any atom is -0.248 e. The van der Waals surface area contributed by atoms with Gasteiger partial charge in [-0.25, -0.2) is 4.98 Å². The topological polar surface area (TPSA) is 12.9 Å². The number of hydrogen-bond donors (Lipinski definition) is 0. The molecule has 0 fully saturated rings. The van der Waals surface area contributed by atoms with E-state index >= 15 is 0 Å². The zero-order chi connectivity index (χ0) is 23.4. The van der Waals surface area contributed by atoms with Gasteiger partial charge in [-0.15, -0.1) is 0 Å². The lowest BCUT2D eigenvalue weighted by molar-refractivity contribution is 0.795. The van der Waals surface area contributed by atoms with Crippen molar-refractivity contribution in [3.8, 4) is 33.5 Å². The lowest BCUT2D eigenvalue weighted by Gasteiger charge is -2.15. The summed E-state index contributed by atoms with van der Waals surface area (Å²) < 4.78 is 0. The van der Waals surface area contributed by atoms with E-state index in [1.165, 1.54) is 46.2 Å². The number of hydrogen-bond acceptors (Lipinski definition) is 1. The normalized spacial score (nSPS) is 11.7. The van der Waals surface area contributed by atoms with Crippen molar-refractivity contribution in [1.82, 2.24) is 4.98 Å². The second-order valence-corrected chi connectivity index (χ2v) is 8.85. The quantitative estimate of drug-likeness (QED) is 0.313. The molecule has 0 saturated carbocycles. The Labute approximate surface area is 198 Å². The van der Waals surface area contributed by atoms with Gasteiger partial charge in [0.1, 0.15) is 0 Å². The fourth-order valence-electron chi connectivity index (χ4n) is 4.40. The molecule has 0 atom stereocenters. The van der Waals surface area contributed by atoms with Gasteiger partial charge in [-0.05, 0) is 84.3 Å². The Morgan fingerprint density at radius 1 is 0.788 bits per heavy atom. The van der Waals surface area contributed by atoms with Crippen molar-refractivity contribution in [3.63, 3.8) is 0 Å². The highest BCUT2D eigenvalue weighted by Crippen LogP contribution is 2.35. The number of unbranched alkanes of at least 4 members (excludes halogenated alkanes) is 1. The molecular weight excluding hydrogens is 398 g/mol. The first-order valence-electron chi connectivity index (χ1n) is 11.9. The first-order chi connectivity index (χ1) is 16.0. The van der Waals surface area contributed by atoms with Crippen LogP contribution in [0.2, 0.25) is 0 Å². The molecule has 166 valence electrons. The van der Waals surface area contributed by atoms with Crippen molar-refractivity contribution in [3.05, 3.63) is 100 Å². The minimum atomic E-state index is 0.815. The molecule has 1 heterocycles. The Balaban J connectivity index is 1.87. The third-order valence-electron chi connectivity index (χ3n) is 6.48. The van der Waals surface area contributed by atoms with Crippen molar-refractivity contribution in [2.24, 2.45) is 0 Å². The van der Waals surface area contributed by atoms with E-state index in [4.69, 9.17) is 4.98 Å². The van der Waals surface area contributed by atoms with Gasteiger partial charge in [-0.2, -0.15) is 0 Å². The first-order valence-corrected chi connectivity index (χ1v) is 11.9. The van der Waals surface area contributed by atoms with Crippen LogP contribution >= 0.6 is 0 Å². The highest BCUT2D eigenvalue weighted by molar-refractivity contribution is 5.85. The third-order valence-corrected chi connectivity index (χ3v) is 6.48. The SMILES string of the molecule is C=c1nc(-c2cc(-c3ccc(CCCC)cc3)ccc2C)c(-c2ccccc2C)cc1=CC. The van der Waals surface area contributed by atoms with Crippen LogP contribution in [0, 0.1) is 13.8 Å². The largest absolute Gasteiger partial charge is 0.248 e. The van der Waals surface area contributed by atoms with Crippen LogP contribution in [0.5, 0.6) is 0 Å². The Morgan fingerprint density at radius 2 is 1.48 bits per heavy atom. The molecule has 4 aromatic rings. The predicted molar refractivity (Wildman–Crippen MR) is 144 cm³/mol. The molecule has 0 aliphatic rings. The Hall–Kier alpha value is -3.45. The Morgan fingerprint density at radius 3 is 2.18 bits per heavy atom. The summed E-state index contributed by atoms with van der Waals surface area (Å²) in [7, 11) is 0. The molecule has 0 saturated heterocycles. The molecule has 0 bridgehead atoms. The van der Waals surface area contributed by atoms with Gasteiger partial charge in [0.2, 0.25) is 0 Å². The smallest absolute Gasteiger partial charge is 0.0790 e. The molecule has 1 aromatic heterocycles. The van der Waals surface area contributed by atoms with Gasteiger partial charge in [0.15, 0.2) is 0 Å². The molecule has 0 spiro atoms. The summed E-state index contributed by atoms with van der Waals surface area (Å²) in [6, 6.07) is 26.5. The van der Waals surface area contributed by atoms with Gasteiger partial charge in [-0.3, -0.25) is 0 Å². The van der Waals surface area contributed by atoms with Crippen LogP contribution in [0.3, 0.4) is 0 Å². The van der Waals surface area contributed by atoms with Crippen LogP contribution in [-0.4, -0.2) is 4.98 Å². The lowest BCUT2D eigenvalue weighted by Crippen LogP contribution is -2.27. The number of pyridine rings is 1. The molecule has 0 unspecified atom stereocenters. The molecule has 0 aliphatic carbocycles. The van der Waals surface area contributed by atoms with Crippen LogP contribution in [0.4, 0.5) is 0 Å². The van der Waals surface area contributed by atoms with Crippen molar-refractivity contribution in [2.75, 3.05) is 0 Å². The van der Waals surface area contributed by atoms with E-state index in [0.29, 0.717) is 0 Å². The second-order valence-electron chi connectivity index (χ2n) is 8.85. The van der Waals surface area contributed by atoms with E-state index in [1.807, 2.05) is 6.92 Å². The third kappa shape index (κ3) is 4.83. The predicted octanol–water partition coefficient (Wildman–Crippen LogP) is 7.25. The average Bonchev–Trinajstić information content (AvgIpc) is 2.84. The summed E-state index contributed by atoms with van der Waals surface area (Å²) in [6.45, 7) is 12.8. The first kappa shape index (κ1) is 22.7. The van der Waals surface area contributed by atoms with Crippen molar-refractivity contribution in [2.45, 2.75) is 47.0 Å². The molecule has 0 N–H and O–H groups in total. The van der Waals surface area contributed by atoms with Crippen LogP contribution in [0.1, 0.15) is 43.4 Å². The van der Waals surface area contributed by atoms with E-state index < -0.39 is 0 Å². The number of aryl methyl sites for hydroxylation is 3. The van der Waals surface area contributed by atoms with Crippen LogP contribution in [0.25, 0.3) is 46.2 Å². The Bertz CT molecular complexity index is 1380. The van der Waals surface area contributed by atoms with Crippen molar-refractivity contribution in [1.29, 1.82) is 0 Å².